The molecular weight excluding hydrogens is 309 g/mol. The van der Waals surface area contributed by atoms with E-state index < -0.39 is 17.8 Å². The van der Waals surface area contributed by atoms with Crippen molar-refractivity contribution < 1.29 is 23.1 Å². The Bertz CT molecular complexity index is 604. The third-order valence-corrected chi connectivity index (χ3v) is 4.60. The van der Waals surface area contributed by atoms with Crippen LogP contribution in [0.25, 0.3) is 0 Å². The lowest BCUT2D eigenvalue weighted by molar-refractivity contribution is -0.137. The van der Waals surface area contributed by atoms with E-state index in [1.807, 2.05) is 0 Å². The van der Waals surface area contributed by atoms with Gasteiger partial charge < -0.3 is 15.3 Å². The van der Waals surface area contributed by atoms with Crippen molar-refractivity contribution in [3.8, 4) is 0 Å². The number of nitrogens with zero attached hydrogens (tertiary/aromatic N) is 1. The van der Waals surface area contributed by atoms with Crippen LogP contribution in [0, 0.1) is 6.92 Å². The van der Waals surface area contributed by atoms with Gasteiger partial charge in [0.05, 0.1) is 11.7 Å². The molecule has 2 atom stereocenters. The Balaban J connectivity index is 1.77. The summed E-state index contributed by atoms with van der Waals surface area (Å²) in [6, 6.07) is 3.07. The van der Waals surface area contributed by atoms with Crippen LogP contribution >= 0.6 is 0 Å². The minimum atomic E-state index is -4.44. The van der Waals surface area contributed by atoms with Gasteiger partial charge in [0, 0.05) is 17.8 Å². The van der Waals surface area contributed by atoms with E-state index in [2.05, 4.69) is 5.32 Å². The molecule has 2 saturated heterocycles. The van der Waals surface area contributed by atoms with E-state index in [9.17, 15) is 23.1 Å². The molecule has 2 fully saturated rings. The average molecular weight is 328 g/mol. The topological polar surface area (TPSA) is 52.6 Å². The SMILES string of the molecule is Cc1cc(NC(=O)N2C3CCC2CC(O)C3)cc(C(F)(F)F)c1. The highest BCUT2D eigenvalue weighted by Gasteiger charge is 2.42. The van der Waals surface area contributed by atoms with E-state index in [1.54, 1.807) is 11.8 Å². The summed E-state index contributed by atoms with van der Waals surface area (Å²) in [5.41, 5.74) is -0.190. The van der Waals surface area contributed by atoms with E-state index in [0.29, 0.717) is 18.4 Å². The van der Waals surface area contributed by atoms with Crippen LogP contribution in [0.15, 0.2) is 18.2 Å². The van der Waals surface area contributed by atoms with Gasteiger partial charge in [0.2, 0.25) is 0 Å². The first-order chi connectivity index (χ1) is 10.7. The Morgan fingerprint density at radius 1 is 1.22 bits per heavy atom. The lowest BCUT2D eigenvalue weighted by Crippen LogP contribution is -2.49. The molecule has 2 amide bonds. The number of urea groups is 1. The zero-order valence-electron chi connectivity index (χ0n) is 12.7. The third kappa shape index (κ3) is 3.29. The Morgan fingerprint density at radius 3 is 2.39 bits per heavy atom. The minimum Gasteiger partial charge on any atom is -0.393 e. The van der Waals surface area contributed by atoms with E-state index in [-0.39, 0.29) is 23.8 Å². The molecule has 23 heavy (non-hydrogen) atoms. The van der Waals surface area contributed by atoms with Gasteiger partial charge in [-0.05, 0) is 56.4 Å². The van der Waals surface area contributed by atoms with E-state index in [4.69, 9.17) is 0 Å². The zero-order valence-corrected chi connectivity index (χ0v) is 12.7. The van der Waals surface area contributed by atoms with Crippen molar-refractivity contribution in [1.29, 1.82) is 0 Å². The fraction of sp³-hybridized carbons (Fsp3) is 0.562. The number of anilines is 1. The smallest absolute Gasteiger partial charge is 0.393 e. The molecule has 3 rings (SSSR count). The van der Waals surface area contributed by atoms with Gasteiger partial charge in [0.15, 0.2) is 0 Å². The van der Waals surface area contributed by atoms with E-state index >= 15 is 0 Å². The quantitative estimate of drug-likeness (QED) is 0.828. The van der Waals surface area contributed by atoms with Crippen molar-refractivity contribution in [2.75, 3.05) is 5.32 Å². The predicted octanol–water partition coefficient (Wildman–Crippen LogP) is 3.53. The number of carbonyl (C=O) groups is 1. The number of hydrogen-bond acceptors (Lipinski definition) is 2. The number of piperidine rings is 1. The van der Waals surface area contributed by atoms with Gasteiger partial charge in [-0.15, -0.1) is 0 Å². The van der Waals surface area contributed by atoms with Crippen molar-refractivity contribution in [3.63, 3.8) is 0 Å². The molecule has 2 heterocycles. The molecule has 0 aliphatic carbocycles. The van der Waals surface area contributed by atoms with Crippen molar-refractivity contribution >= 4 is 11.7 Å². The van der Waals surface area contributed by atoms with Gasteiger partial charge in [0.1, 0.15) is 0 Å². The molecule has 2 unspecified atom stereocenters. The average Bonchev–Trinajstić information content (AvgIpc) is 2.69. The summed E-state index contributed by atoms with van der Waals surface area (Å²) in [4.78, 5) is 14.1. The largest absolute Gasteiger partial charge is 0.416 e. The highest BCUT2D eigenvalue weighted by molar-refractivity contribution is 5.90. The maximum atomic E-state index is 12.9. The number of fused-ring (bicyclic) bond motifs is 2. The summed E-state index contributed by atoms with van der Waals surface area (Å²) in [6.45, 7) is 1.56. The molecule has 0 saturated carbocycles. The summed E-state index contributed by atoms with van der Waals surface area (Å²) in [7, 11) is 0. The fourth-order valence-electron chi connectivity index (χ4n) is 3.69. The summed E-state index contributed by atoms with van der Waals surface area (Å²) < 4.78 is 38.6. The number of hydrogen-bond donors (Lipinski definition) is 2. The number of aryl methyl sites for hydroxylation is 1. The number of benzene rings is 1. The molecule has 0 radical (unpaired) electrons. The fourth-order valence-corrected chi connectivity index (χ4v) is 3.69. The van der Waals surface area contributed by atoms with Gasteiger partial charge >= 0.3 is 12.2 Å². The monoisotopic (exact) mass is 328 g/mol. The Morgan fingerprint density at radius 2 is 1.83 bits per heavy atom. The van der Waals surface area contributed by atoms with Crippen LogP contribution in [0.5, 0.6) is 0 Å². The number of alkyl halides is 3. The molecule has 1 aromatic carbocycles. The number of carbonyl (C=O) groups excluding carboxylic acids is 1. The second-order valence-electron chi connectivity index (χ2n) is 6.43. The summed E-state index contributed by atoms with van der Waals surface area (Å²) >= 11 is 0. The lowest BCUT2D eigenvalue weighted by atomic mass is 10.0. The van der Waals surface area contributed by atoms with Crippen molar-refractivity contribution in [2.45, 2.75) is 57.0 Å². The first kappa shape index (κ1) is 16.1. The lowest BCUT2D eigenvalue weighted by Gasteiger charge is -2.37. The Labute approximate surface area is 132 Å². The van der Waals surface area contributed by atoms with Gasteiger partial charge in [-0.1, -0.05) is 0 Å². The van der Waals surface area contributed by atoms with Crippen LogP contribution in [0.2, 0.25) is 0 Å². The molecule has 2 aliphatic heterocycles. The van der Waals surface area contributed by atoms with Crippen LogP contribution in [-0.4, -0.2) is 34.2 Å². The van der Waals surface area contributed by atoms with Crippen molar-refractivity contribution in [3.05, 3.63) is 29.3 Å². The second kappa shape index (κ2) is 5.70. The maximum Gasteiger partial charge on any atom is 0.416 e. The summed E-state index contributed by atoms with van der Waals surface area (Å²) in [6.07, 6.45) is -2.11. The van der Waals surface area contributed by atoms with E-state index in [0.717, 1.165) is 25.0 Å². The predicted molar refractivity (Wildman–Crippen MR) is 79.1 cm³/mol. The Kier molecular flexibility index (Phi) is 4.00. The molecule has 126 valence electrons. The molecule has 7 heteroatoms. The van der Waals surface area contributed by atoms with Gasteiger partial charge in [-0.3, -0.25) is 0 Å². The number of aliphatic hydroxyl groups excluding tert-OH is 1. The second-order valence-corrected chi connectivity index (χ2v) is 6.43. The van der Waals surface area contributed by atoms with Gasteiger partial charge in [0.25, 0.3) is 0 Å². The normalized spacial score (nSPS) is 27.2. The van der Waals surface area contributed by atoms with Crippen molar-refractivity contribution in [1.82, 2.24) is 4.90 Å². The molecule has 0 aromatic heterocycles. The highest BCUT2D eigenvalue weighted by Crippen LogP contribution is 2.36. The zero-order chi connectivity index (χ0) is 16.8. The van der Waals surface area contributed by atoms with Crippen LogP contribution < -0.4 is 5.32 Å². The molecular formula is C16H19F3N2O2. The number of rotatable bonds is 1. The van der Waals surface area contributed by atoms with Gasteiger partial charge in [-0.25, -0.2) is 4.79 Å². The van der Waals surface area contributed by atoms with Crippen LogP contribution in [0.3, 0.4) is 0 Å². The first-order valence-electron chi connectivity index (χ1n) is 7.70. The molecule has 2 N–H and O–H groups in total. The van der Waals surface area contributed by atoms with E-state index in [1.165, 1.54) is 6.07 Å². The number of nitrogens with one attached hydrogen (secondary N) is 1. The molecule has 2 aliphatic rings. The van der Waals surface area contributed by atoms with Crippen LogP contribution in [-0.2, 0) is 6.18 Å². The summed E-state index contributed by atoms with van der Waals surface area (Å²) in [5.74, 6) is 0. The Hall–Kier alpha value is -1.76. The standard InChI is InChI=1S/C16H19F3N2O2/c1-9-4-10(16(17,18)19)6-11(5-9)20-15(23)21-12-2-3-13(21)8-14(22)7-12/h4-6,12-14,22H,2-3,7-8H2,1H3,(H,20,23). The first-order valence-corrected chi connectivity index (χ1v) is 7.70. The maximum absolute atomic E-state index is 12.9. The van der Waals surface area contributed by atoms with Crippen LogP contribution in [0.1, 0.15) is 36.8 Å². The number of aliphatic hydroxyl groups is 1. The van der Waals surface area contributed by atoms with Gasteiger partial charge in [-0.2, -0.15) is 13.2 Å². The summed E-state index contributed by atoms with van der Waals surface area (Å²) in [5, 5.41) is 12.3. The highest BCUT2D eigenvalue weighted by atomic mass is 19.4. The third-order valence-electron chi connectivity index (χ3n) is 4.60. The molecule has 0 spiro atoms. The minimum absolute atomic E-state index is 0.0318. The number of amides is 2. The van der Waals surface area contributed by atoms with Crippen molar-refractivity contribution in [2.24, 2.45) is 0 Å². The molecule has 4 nitrogen and oxygen atoms in total. The molecule has 2 bridgehead atoms. The molecule has 1 aromatic rings. The van der Waals surface area contributed by atoms with Crippen LogP contribution in [0.4, 0.5) is 23.7 Å². The number of halogens is 3.